The zero-order valence-corrected chi connectivity index (χ0v) is 23.9. The number of aromatic nitrogens is 1. The standard InChI is InChI=1S/C29H38N4O4S/c1-18(2)13-22(6)32-9-11-33(12-10-32)27-17-25(29(34)35)24-16-23(7-8-26(24)30-27)31-38(36,37)28-20(4)14-19(3)15-21(28)5/h7-8,14-18,22,31H,9-13H2,1-6H3,(H,34,35)/t22-/m1/s1. The molecule has 0 saturated carbocycles. The maximum absolute atomic E-state index is 13.2. The van der Waals surface area contributed by atoms with Gasteiger partial charge in [0.15, 0.2) is 0 Å². The molecule has 0 radical (unpaired) electrons. The lowest BCUT2D eigenvalue weighted by atomic mass is 10.0. The normalized spacial score (nSPS) is 15.7. The van der Waals surface area contributed by atoms with Gasteiger partial charge in [0.05, 0.1) is 16.0 Å². The Bertz CT molecular complexity index is 1440. The summed E-state index contributed by atoms with van der Waals surface area (Å²) in [4.78, 5) is 21.8. The van der Waals surface area contributed by atoms with Gasteiger partial charge >= 0.3 is 5.97 Å². The van der Waals surface area contributed by atoms with Gasteiger partial charge in [0.1, 0.15) is 5.82 Å². The number of aromatic carboxylic acids is 1. The van der Waals surface area contributed by atoms with Crippen LogP contribution < -0.4 is 9.62 Å². The van der Waals surface area contributed by atoms with Gasteiger partial charge < -0.3 is 10.0 Å². The molecule has 4 rings (SSSR count). The van der Waals surface area contributed by atoms with E-state index in [1.807, 2.05) is 19.1 Å². The average molecular weight is 539 g/mol. The molecule has 0 spiro atoms. The van der Waals surface area contributed by atoms with Crippen molar-refractivity contribution >= 4 is 38.4 Å². The van der Waals surface area contributed by atoms with Gasteiger partial charge in [-0.1, -0.05) is 31.5 Å². The molecule has 1 aliphatic heterocycles. The molecule has 204 valence electrons. The lowest BCUT2D eigenvalue weighted by Crippen LogP contribution is -2.50. The molecule has 2 heterocycles. The molecule has 3 aromatic rings. The SMILES string of the molecule is Cc1cc(C)c(S(=O)(=O)Nc2ccc3nc(N4CCN([C@H](C)CC(C)C)CC4)cc(C(=O)O)c3c2)c(C)c1. The Kier molecular flexibility index (Phi) is 7.99. The lowest BCUT2D eigenvalue weighted by Gasteiger charge is -2.39. The fraction of sp³-hybridized carbons (Fsp3) is 0.448. The smallest absolute Gasteiger partial charge is 0.336 e. The van der Waals surface area contributed by atoms with Crippen LogP contribution in [0.15, 0.2) is 41.3 Å². The number of anilines is 2. The maximum Gasteiger partial charge on any atom is 0.336 e. The predicted molar refractivity (Wildman–Crippen MR) is 153 cm³/mol. The van der Waals surface area contributed by atoms with E-state index in [1.54, 1.807) is 38.1 Å². The molecule has 9 heteroatoms. The molecule has 0 amide bonds. The third kappa shape index (κ3) is 5.94. The molecule has 1 fully saturated rings. The molecule has 0 unspecified atom stereocenters. The van der Waals surface area contributed by atoms with Crippen LogP contribution in [0.3, 0.4) is 0 Å². The highest BCUT2D eigenvalue weighted by molar-refractivity contribution is 7.92. The Morgan fingerprint density at radius 2 is 1.63 bits per heavy atom. The number of nitrogens with one attached hydrogen (secondary N) is 1. The van der Waals surface area contributed by atoms with Crippen LogP contribution in [0.1, 0.15) is 54.2 Å². The van der Waals surface area contributed by atoms with Gasteiger partial charge in [-0.05, 0) is 75.4 Å². The molecule has 1 saturated heterocycles. The van der Waals surface area contributed by atoms with E-state index < -0.39 is 16.0 Å². The topological polar surface area (TPSA) is 103 Å². The van der Waals surface area contributed by atoms with Gasteiger partial charge in [-0.15, -0.1) is 0 Å². The van der Waals surface area contributed by atoms with E-state index in [4.69, 9.17) is 4.98 Å². The van der Waals surface area contributed by atoms with Crippen molar-refractivity contribution in [3.05, 3.63) is 58.7 Å². The summed E-state index contributed by atoms with van der Waals surface area (Å²) in [7, 11) is -3.87. The third-order valence-corrected chi connectivity index (χ3v) is 8.91. The van der Waals surface area contributed by atoms with Crippen LogP contribution in [0.5, 0.6) is 0 Å². The predicted octanol–water partition coefficient (Wildman–Crippen LogP) is 5.22. The van der Waals surface area contributed by atoms with Crippen LogP contribution in [-0.4, -0.2) is 61.6 Å². The molecule has 38 heavy (non-hydrogen) atoms. The number of carboxylic acids is 1. The fourth-order valence-electron chi connectivity index (χ4n) is 5.63. The second-order valence-electron chi connectivity index (χ2n) is 10.9. The number of rotatable bonds is 8. The first-order chi connectivity index (χ1) is 17.9. The van der Waals surface area contributed by atoms with Gasteiger partial charge in [0.25, 0.3) is 10.0 Å². The van der Waals surface area contributed by atoms with Crippen molar-refractivity contribution in [2.75, 3.05) is 35.8 Å². The van der Waals surface area contributed by atoms with Gasteiger partial charge in [-0.25, -0.2) is 18.2 Å². The number of hydrogen-bond donors (Lipinski definition) is 2. The first kappa shape index (κ1) is 27.9. The number of carbonyl (C=O) groups is 1. The Morgan fingerprint density at radius 1 is 1.00 bits per heavy atom. The van der Waals surface area contributed by atoms with Crippen LogP contribution >= 0.6 is 0 Å². The molecular weight excluding hydrogens is 500 g/mol. The van der Waals surface area contributed by atoms with Gasteiger partial charge in [-0.2, -0.15) is 0 Å². The largest absolute Gasteiger partial charge is 0.478 e. The van der Waals surface area contributed by atoms with Crippen molar-refractivity contribution in [3.63, 3.8) is 0 Å². The molecule has 8 nitrogen and oxygen atoms in total. The summed E-state index contributed by atoms with van der Waals surface area (Å²) >= 11 is 0. The Hall–Kier alpha value is -3.17. The number of carboxylic acid groups (broad SMARTS) is 1. The van der Waals surface area contributed by atoms with Crippen LogP contribution in [0.4, 0.5) is 11.5 Å². The molecule has 1 aromatic heterocycles. The number of benzene rings is 2. The molecule has 2 aromatic carbocycles. The average Bonchev–Trinajstić information content (AvgIpc) is 2.81. The summed E-state index contributed by atoms with van der Waals surface area (Å²) < 4.78 is 29.1. The van der Waals surface area contributed by atoms with Crippen molar-refractivity contribution < 1.29 is 18.3 Å². The van der Waals surface area contributed by atoms with Gasteiger partial charge in [-0.3, -0.25) is 9.62 Å². The van der Waals surface area contributed by atoms with Crippen LogP contribution in [0.25, 0.3) is 10.9 Å². The van der Waals surface area contributed by atoms with E-state index in [1.165, 1.54) is 0 Å². The van der Waals surface area contributed by atoms with E-state index in [9.17, 15) is 18.3 Å². The molecule has 2 N–H and O–H groups in total. The summed E-state index contributed by atoms with van der Waals surface area (Å²) in [6, 6.07) is 10.6. The highest BCUT2D eigenvalue weighted by atomic mass is 32.2. The minimum atomic E-state index is -3.87. The molecular formula is C29H38N4O4S. The first-order valence-corrected chi connectivity index (χ1v) is 14.6. The van der Waals surface area contributed by atoms with Gasteiger partial charge in [0.2, 0.25) is 0 Å². The van der Waals surface area contributed by atoms with E-state index in [0.717, 1.165) is 38.2 Å². The van der Waals surface area contributed by atoms with Crippen molar-refractivity contribution in [2.45, 2.75) is 58.9 Å². The number of hydrogen-bond acceptors (Lipinski definition) is 6. The molecule has 0 aliphatic carbocycles. The van der Waals surface area contributed by atoms with Crippen molar-refractivity contribution in [3.8, 4) is 0 Å². The minimum absolute atomic E-state index is 0.101. The summed E-state index contributed by atoms with van der Waals surface area (Å²) in [6.45, 7) is 15.5. The number of nitrogens with zero attached hydrogens (tertiary/aromatic N) is 3. The first-order valence-electron chi connectivity index (χ1n) is 13.1. The number of sulfonamides is 1. The van der Waals surface area contributed by atoms with E-state index in [-0.39, 0.29) is 10.5 Å². The quantitative estimate of drug-likeness (QED) is 0.406. The Labute approximate surface area is 225 Å². The maximum atomic E-state index is 13.2. The number of fused-ring (bicyclic) bond motifs is 1. The summed E-state index contributed by atoms with van der Waals surface area (Å²) in [5.74, 6) is 0.195. The lowest BCUT2D eigenvalue weighted by molar-refractivity contribution is 0.0699. The second kappa shape index (κ2) is 10.9. The Morgan fingerprint density at radius 3 is 2.21 bits per heavy atom. The van der Waals surface area contributed by atoms with E-state index in [0.29, 0.717) is 45.5 Å². The summed E-state index contributed by atoms with van der Waals surface area (Å²) in [5.41, 5.74) is 3.22. The van der Waals surface area contributed by atoms with Crippen molar-refractivity contribution in [2.24, 2.45) is 5.92 Å². The second-order valence-corrected chi connectivity index (χ2v) is 12.5. The number of piperazine rings is 1. The highest BCUT2D eigenvalue weighted by Gasteiger charge is 2.25. The minimum Gasteiger partial charge on any atom is -0.478 e. The summed E-state index contributed by atoms with van der Waals surface area (Å²) in [5, 5.41) is 10.4. The molecule has 1 aliphatic rings. The van der Waals surface area contributed by atoms with Crippen molar-refractivity contribution in [1.82, 2.24) is 9.88 Å². The highest BCUT2D eigenvalue weighted by Crippen LogP contribution is 2.29. The monoisotopic (exact) mass is 538 g/mol. The number of aryl methyl sites for hydroxylation is 3. The Balaban J connectivity index is 1.61. The van der Waals surface area contributed by atoms with E-state index in [2.05, 4.69) is 35.3 Å². The molecule has 0 bridgehead atoms. The van der Waals surface area contributed by atoms with Crippen LogP contribution in [0, 0.1) is 26.7 Å². The van der Waals surface area contributed by atoms with Gasteiger partial charge in [0, 0.05) is 43.3 Å². The fourth-order valence-corrected chi connectivity index (χ4v) is 7.14. The van der Waals surface area contributed by atoms with Crippen LogP contribution in [-0.2, 0) is 10.0 Å². The molecule has 1 atom stereocenters. The zero-order chi connectivity index (χ0) is 27.8. The number of pyridine rings is 1. The zero-order valence-electron chi connectivity index (χ0n) is 23.1. The third-order valence-electron chi connectivity index (χ3n) is 7.23. The van der Waals surface area contributed by atoms with Crippen LogP contribution in [0.2, 0.25) is 0 Å². The van der Waals surface area contributed by atoms with E-state index >= 15 is 0 Å². The van der Waals surface area contributed by atoms with Crippen molar-refractivity contribution in [1.29, 1.82) is 0 Å². The summed E-state index contributed by atoms with van der Waals surface area (Å²) in [6.07, 6.45) is 1.15.